The lowest BCUT2D eigenvalue weighted by Gasteiger charge is -2.25. The topological polar surface area (TPSA) is 95.6 Å². The number of hydrogen-bond acceptors (Lipinski definition) is 4. The molecule has 0 aromatic heterocycles. The molecule has 0 unspecified atom stereocenters. The van der Waals surface area contributed by atoms with E-state index in [-0.39, 0.29) is 10.5 Å². The van der Waals surface area contributed by atoms with Crippen LogP contribution in [0.4, 0.5) is 0 Å². The number of carbonyl (C=O) groups is 2. The molecule has 2 aromatic carbocycles. The Hall–Kier alpha value is -2.23. The van der Waals surface area contributed by atoms with Crippen molar-refractivity contribution in [3.05, 3.63) is 64.1 Å². The van der Waals surface area contributed by atoms with Crippen molar-refractivity contribution in [2.75, 3.05) is 13.1 Å². The van der Waals surface area contributed by atoms with Crippen molar-refractivity contribution in [3.8, 4) is 0 Å². The van der Waals surface area contributed by atoms with Crippen molar-refractivity contribution in [1.82, 2.24) is 15.2 Å². The number of benzene rings is 2. The van der Waals surface area contributed by atoms with Gasteiger partial charge in [0.1, 0.15) is 0 Å². The Morgan fingerprint density at radius 3 is 1.75 bits per heavy atom. The molecule has 1 fully saturated rings. The molecule has 3 rings (SSSR count). The van der Waals surface area contributed by atoms with Crippen molar-refractivity contribution in [3.63, 3.8) is 0 Å². The predicted octanol–water partition coefficient (Wildman–Crippen LogP) is 2.70. The maximum absolute atomic E-state index is 12.6. The Bertz CT molecular complexity index is 954. The van der Waals surface area contributed by atoms with Crippen LogP contribution < -0.4 is 10.9 Å². The van der Waals surface area contributed by atoms with E-state index in [1.54, 1.807) is 24.3 Å². The second-order valence-electron chi connectivity index (χ2n) is 6.40. The van der Waals surface area contributed by atoms with Crippen LogP contribution in [0.2, 0.25) is 0 Å². The molecule has 0 bridgehead atoms. The number of nitrogens with zero attached hydrogens (tertiary/aromatic N) is 1. The monoisotopic (exact) mass is 465 g/mol. The largest absolute Gasteiger partial charge is 0.269 e. The summed E-state index contributed by atoms with van der Waals surface area (Å²) < 4.78 is 27.6. The van der Waals surface area contributed by atoms with Gasteiger partial charge >= 0.3 is 0 Å². The van der Waals surface area contributed by atoms with Crippen LogP contribution in [0, 0.1) is 0 Å². The summed E-state index contributed by atoms with van der Waals surface area (Å²) >= 11 is 3.29. The number of hydrazine groups is 1. The lowest BCUT2D eigenvalue weighted by molar-refractivity contribution is 0.0846. The standard InChI is InChI=1S/C19H20BrN3O4S/c20-16-8-4-14(5-9-16)18(24)21-22-19(25)15-6-10-17(11-7-15)28(26,27)23-12-2-1-3-13-23/h4-11H,1-3,12-13H2,(H,21,24)(H,22,25). The average Bonchev–Trinajstić information content (AvgIpc) is 2.73. The summed E-state index contributed by atoms with van der Waals surface area (Å²) in [5.41, 5.74) is 5.30. The Morgan fingerprint density at radius 1 is 0.786 bits per heavy atom. The molecule has 9 heteroatoms. The first-order valence-electron chi connectivity index (χ1n) is 8.84. The molecule has 7 nitrogen and oxygen atoms in total. The van der Waals surface area contributed by atoms with Crippen molar-refractivity contribution in [2.45, 2.75) is 24.2 Å². The molecule has 1 aliphatic rings. The van der Waals surface area contributed by atoms with E-state index in [2.05, 4.69) is 26.8 Å². The zero-order valence-electron chi connectivity index (χ0n) is 15.0. The number of sulfonamides is 1. The van der Waals surface area contributed by atoms with E-state index in [1.807, 2.05) is 0 Å². The van der Waals surface area contributed by atoms with Crippen LogP contribution in [0.5, 0.6) is 0 Å². The van der Waals surface area contributed by atoms with Crippen LogP contribution in [0.1, 0.15) is 40.0 Å². The minimum Gasteiger partial charge on any atom is -0.267 e. The molecule has 28 heavy (non-hydrogen) atoms. The van der Waals surface area contributed by atoms with E-state index >= 15 is 0 Å². The Morgan fingerprint density at radius 2 is 1.25 bits per heavy atom. The van der Waals surface area contributed by atoms with Gasteiger partial charge in [-0.15, -0.1) is 0 Å². The van der Waals surface area contributed by atoms with Gasteiger partial charge in [-0.2, -0.15) is 4.31 Å². The van der Waals surface area contributed by atoms with Crippen LogP contribution in [-0.2, 0) is 10.0 Å². The van der Waals surface area contributed by atoms with Gasteiger partial charge in [-0.1, -0.05) is 22.4 Å². The zero-order valence-corrected chi connectivity index (χ0v) is 17.4. The molecule has 2 amide bonds. The molecule has 2 aromatic rings. The highest BCUT2D eigenvalue weighted by Crippen LogP contribution is 2.20. The average molecular weight is 466 g/mol. The Labute approximate surface area is 172 Å². The van der Waals surface area contributed by atoms with E-state index in [9.17, 15) is 18.0 Å². The van der Waals surface area contributed by atoms with Gasteiger partial charge in [-0.05, 0) is 61.4 Å². The number of hydrogen-bond donors (Lipinski definition) is 2. The van der Waals surface area contributed by atoms with Crippen LogP contribution in [0.3, 0.4) is 0 Å². The van der Waals surface area contributed by atoms with Gasteiger partial charge in [0, 0.05) is 28.7 Å². The quantitative estimate of drug-likeness (QED) is 0.678. The molecule has 0 spiro atoms. The number of rotatable bonds is 4. The first-order chi connectivity index (χ1) is 13.4. The van der Waals surface area contributed by atoms with Crippen molar-refractivity contribution in [2.24, 2.45) is 0 Å². The van der Waals surface area contributed by atoms with Crippen molar-refractivity contribution >= 4 is 37.8 Å². The maximum atomic E-state index is 12.6. The number of carbonyl (C=O) groups excluding carboxylic acids is 2. The van der Waals surface area contributed by atoms with E-state index in [0.29, 0.717) is 18.7 Å². The van der Waals surface area contributed by atoms with Gasteiger partial charge < -0.3 is 0 Å². The van der Waals surface area contributed by atoms with E-state index < -0.39 is 21.8 Å². The second-order valence-corrected chi connectivity index (χ2v) is 9.26. The molecule has 1 saturated heterocycles. The van der Waals surface area contributed by atoms with Crippen LogP contribution in [0.25, 0.3) is 0 Å². The minimum atomic E-state index is -3.54. The third-order valence-corrected chi connectivity index (χ3v) is 6.91. The summed E-state index contributed by atoms with van der Waals surface area (Å²) in [6.07, 6.45) is 2.76. The number of piperidine rings is 1. The molecule has 1 heterocycles. The summed E-state index contributed by atoms with van der Waals surface area (Å²) in [6, 6.07) is 12.4. The molecule has 148 valence electrons. The molecule has 0 atom stereocenters. The number of amides is 2. The Balaban J connectivity index is 1.62. The summed E-state index contributed by atoms with van der Waals surface area (Å²) in [5, 5.41) is 0. The minimum absolute atomic E-state index is 0.157. The lowest BCUT2D eigenvalue weighted by atomic mass is 10.2. The fourth-order valence-electron chi connectivity index (χ4n) is 2.89. The van der Waals surface area contributed by atoms with E-state index in [0.717, 1.165) is 23.7 Å². The molecule has 1 aliphatic heterocycles. The predicted molar refractivity (Wildman–Crippen MR) is 108 cm³/mol. The molecular formula is C19H20BrN3O4S. The number of halogens is 1. The first-order valence-corrected chi connectivity index (χ1v) is 11.1. The van der Waals surface area contributed by atoms with Crippen LogP contribution in [-0.4, -0.2) is 37.6 Å². The second kappa shape index (κ2) is 8.85. The molecular weight excluding hydrogens is 446 g/mol. The molecule has 0 aliphatic carbocycles. The van der Waals surface area contributed by atoms with Gasteiger partial charge in [0.2, 0.25) is 10.0 Å². The number of nitrogens with one attached hydrogen (secondary N) is 2. The Kier molecular flexibility index (Phi) is 6.48. The highest BCUT2D eigenvalue weighted by Gasteiger charge is 2.25. The maximum Gasteiger partial charge on any atom is 0.269 e. The lowest BCUT2D eigenvalue weighted by Crippen LogP contribution is -2.41. The van der Waals surface area contributed by atoms with Crippen molar-refractivity contribution < 1.29 is 18.0 Å². The molecule has 0 saturated carbocycles. The van der Waals surface area contributed by atoms with Gasteiger partial charge in [-0.3, -0.25) is 20.4 Å². The van der Waals surface area contributed by atoms with Gasteiger partial charge in [-0.25, -0.2) is 8.42 Å². The van der Waals surface area contributed by atoms with E-state index in [1.165, 1.54) is 28.6 Å². The van der Waals surface area contributed by atoms with Gasteiger partial charge in [0.05, 0.1) is 4.90 Å². The third kappa shape index (κ3) is 4.78. The summed E-state index contributed by atoms with van der Waals surface area (Å²) in [6.45, 7) is 1.04. The summed E-state index contributed by atoms with van der Waals surface area (Å²) in [4.78, 5) is 24.4. The highest BCUT2D eigenvalue weighted by atomic mass is 79.9. The fourth-order valence-corrected chi connectivity index (χ4v) is 4.67. The SMILES string of the molecule is O=C(NNC(=O)c1ccc(S(=O)(=O)N2CCCCC2)cc1)c1ccc(Br)cc1. The van der Waals surface area contributed by atoms with Gasteiger partial charge in [0.25, 0.3) is 11.8 Å². The summed E-state index contributed by atoms with van der Waals surface area (Å²) in [7, 11) is -3.54. The first kappa shape index (κ1) is 20.5. The van der Waals surface area contributed by atoms with Crippen molar-refractivity contribution in [1.29, 1.82) is 0 Å². The third-order valence-electron chi connectivity index (χ3n) is 4.47. The zero-order chi connectivity index (χ0) is 20.1. The normalized spacial score (nSPS) is 15.0. The smallest absolute Gasteiger partial charge is 0.267 e. The van der Waals surface area contributed by atoms with Gasteiger partial charge in [0.15, 0.2) is 0 Å². The highest BCUT2D eigenvalue weighted by molar-refractivity contribution is 9.10. The molecule has 2 N–H and O–H groups in total. The van der Waals surface area contributed by atoms with E-state index in [4.69, 9.17) is 0 Å². The van der Waals surface area contributed by atoms with Crippen LogP contribution in [0.15, 0.2) is 57.9 Å². The fraction of sp³-hybridized carbons (Fsp3) is 0.263. The summed E-state index contributed by atoms with van der Waals surface area (Å²) in [5.74, 6) is -0.988. The van der Waals surface area contributed by atoms with Crippen LogP contribution >= 0.6 is 15.9 Å². The molecule has 0 radical (unpaired) electrons.